The lowest BCUT2D eigenvalue weighted by Crippen LogP contribution is -2.42. The van der Waals surface area contributed by atoms with E-state index < -0.39 is 14.4 Å². The van der Waals surface area contributed by atoms with Crippen molar-refractivity contribution in [2.24, 2.45) is 0 Å². The number of ether oxygens (including phenoxy) is 1. The molecule has 0 saturated heterocycles. The number of benzene rings is 1. The first-order valence-electron chi connectivity index (χ1n) is 9.04. The molecule has 0 fully saturated rings. The van der Waals surface area contributed by atoms with Crippen LogP contribution < -0.4 is 4.74 Å². The number of carbonyl (C=O) groups excluding carboxylic acids is 1. The number of hydrogen-bond donors (Lipinski definition) is 1. The van der Waals surface area contributed by atoms with Crippen LogP contribution in [0.2, 0.25) is 18.1 Å². The van der Waals surface area contributed by atoms with Crippen molar-refractivity contribution in [3.05, 3.63) is 42.0 Å². The fourth-order valence-electron chi connectivity index (χ4n) is 2.26. The Kier molecular flexibility index (Phi) is 7.80. The minimum Gasteiger partial charge on any atom is -0.497 e. The lowest BCUT2D eigenvalue weighted by molar-refractivity contribution is -0.122. The van der Waals surface area contributed by atoms with E-state index in [1.807, 2.05) is 24.3 Å². The summed E-state index contributed by atoms with van der Waals surface area (Å²) < 4.78 is 11.8. The van der Waals surface area contributed by atoms with Crippen LogP contribution in [0.15, 0.2) is 36.4 Å². The standard InChI is InChI=1S/C21H34O4Si/c1-15(2)19(23)13-17(22)14-20(25-26(7,8)21(3,4)5)16-9-11-18(24-6)12-10-16/h9-12,19-20,23H,1,13-14H2,2-8H3/t19-,20+/m1/s1. The second-order valence-electron chi connectivity index (χ2n) is 8.45. The Morgan fingerprint density at radius 1 is 1.19 bits per heavy atom. The molecule has 0 spiro atoms. The molecular formula is C21H34O4Si. The molecule has 0 amide bonds. The van der Waals surface area contributed by atoms with Crippen molar-refractivity contribution >= 4 is 14.1 Å². The van der Waals surface area contributed by atoms with Crippen LogP contribution in [0, 0.1) is 0 Å². The summed E-state index contributed by atoms with van der Waals surface area (Å²) in [5, 5.41) is 9.98. The summed E-state index contributed by atoms with van der Waals surface area (Å²) in [5.74, 6) is 0.740. The highest BCUT2D eigenvalue weighted by Gasteiger charge is 2.39. The molecule has 0 heterocycles. The van der Waals surface area contributed by atoms with Crippen molar-refractivity contribution in [2.45, 2.75) is 70.9 Å². The first-order chi connectivity index (χ1) is 11.9. The van der Waals surface area contributed by atoms with Crippen molar-refractivity contribution in [2.75, 3.05) is 7.11 Å². The molecule has 0 aliphatic heterocycles. The molecule has 5 heteroatoms. The van der Waals surface area contributed by atoms with Crippen LogP contribution in [0.4, 0.5) is 0 Å². The zero-order valence-electron chi connectivity index (χ0n) is 17.3. The maximum absolute atomic E-state index is 12.5. The van der Waals surface area contributed by atoms with Crippen LogP contribution in [-0.4, -0.2) is 32.4 Å². The second kappa shape index (κ2) is 8.98. The van der Waals surface area contributed by atoms with Gasteiger partial charge in [-0.3, -0.25) is 4.79 Å². The summed E-state index contributed by atoms with van der Waals surface area (Å²) in [6, 6.07) is 7.65. The van der Waals surface area contributed by atoms with Gasteiger partial charge in [-0.2, -0.15) is 0 Å². The lowest BCUT2D eigenvalue weighted by Gasteiger charge is -2.39. The predicted molar refractivity (Wildman–Crippen MR) is 109 cm³/mol. The van der Waals surface area contributed by atoms with Crippen molar-refractivity contribution in [3.63, 3.8) is 0 Å². The third-order valence-corrected chi connectivity index (χ3v) is 9.62. The number of ketones is 1. The molecule has 0 aliphatic rings. The Bertz CT molecular complexity index is 614. The summed E-state index contributed by atoms with van der Waals surface area (Å²) in [6.45, 7) is 16.3. The van der Waals surface area contributed by atoms with Crippen molar-refractivity contribution in [1.82, 2.24) is 0 Å². The highest BCUT2D eigenvalue weighted by atomic mass is 28.4. The molecule has 0 radical (unpaired) electrons. The fraction of sp³-hybridized carbons (Fsp3) is 0.571. The molecule has 1 aromatic rings. The molecular weight excluding hydrogens is 344 g/mol. The molecule has 2 atom stereocenters. The van der Waals surface area contributed by atoms with Gasteiger partial charge in [0.05, 0.1) is 19.3 Å². The van der Waals surface area contributed by atoms with E-state index >= 15 is 0 Å². The number of carbonyl (C=O) groups is 1. The molecule has 1 rings (SSSR count). The highest BCUT2D eigenvalue weighted by Crippen LogP contribution is 2.40. The minimum atomic E-state index is -2.06. The van der Waals surface area contributed by atoms with E-state index in [1.54, 1.807) is 14.0 Å². The topological polar surface area (TPSA) is 55.8 Å². The van der Waals surface area contributed by atoms with Crippen molar-refractivity contribution in [3.8, 4) is 5.75 Å². The molecule has 1 aromatic carbocycles. The predicted octanol–water partition coefficient (Wildman–Crippen LogP) is 5.04. The third-order valence-electron chi connectivity index (χ3n) is 5.13. The normalized spacial score (nSPS) is 14.6. The van der Waals surface area contributed by atoms with Gasteiger partial charge in [0, 0.05) is 12.8 Å². The van der Waals surface area contributed by atoms with Crippen molar-refractivity contribution < 1.29 is 19.1 Å². The van der Waals surface area contributed by atoms with Gasteiger partial charge in [0.2, 0.25) is 0 Å². The average Bonchev–Trinajstić information content (AvgIpc) is 2.52. The van der Waals surface area contributed by atoms with E-state index in [0.717, 1.165) is 11.3 Å². The van der Waals surface area contributed by atoms with E-state index in [1.165, 1.54) is 0 Å². The number of aliphatic hydroxyl groups is 1. The van der Waals surface area contributed by atoms with Gasteiger partial charge in [-0.05, 0) is 42.8 Å². The van der Waals surface area contributed by atoms with Gasteiger partial charge in [0.15, 0.2) is 8.32 Å². The number of methoxy groups -OCH3 is 1. The zero-order valence-corrected chi connectivity index (χ0v) is 18.3. The highest BCUT2D eigenvalue weighted by molar-refractivity contribution is 6.74. The van der Waals surface area contributed by atoms with Gasteiger partial charge < -0.3 is 14.3 Å². The van der Waals surface area contributed by atoms with Crippen LogP contribution >= 0.6 is 0 Å². The van der Waals surface area contributed by atoms with Gasteiger partial charge in [0.1, 0.15) is 11.5 Å². The molecule has 26 heavy (non-hydrogen) atoms. The van der Waals surface area contributed by atoms with Crippen LogP contribution in [0.5, 0.6) is 5.75 Å². The zero-order chi connectivity index (χ0) is 20.1. The smallest absolute Gasteiger partial charge is 0.192 e. The first kappa shape index (κ1) is 22.6. The average molecular weight is 379 g/mol. The van der Waals surface area contributed by atoms with Crippen LogP contribution in [0.3, 0.4) is 0 Å². The molecule has 1 N–H and O–H groups in total. The Morgan fingerprint density at radius 3 is 2.15 bits per heavy atom. The van der Waals surface area contributed by atoms with Gasteiger partial charge in [-0.1, -0.05) is 45.1 Å². The molecule has 0 bridgehead atoms. The summed E-state index contributed by atoms with van der Waals surface area (Å²) in [4.78, 5) is 12.5. The van der Waals surface area contributed by atoms with E-state index in [4.69, 9.17) is 9.16 Å². The molecule has 4 nitrogen and oxygen atoms in total. The number of aliphatic hydroxyl groups excluding tert-OH is 1. The molecule has 0 aromatic heterocycles. The minimum absolute atomic E-state index is 0.0278. The fourth-order valence-corrected chi connectivity index (χ4v) is 3.54. The monoisotopic (exact) mass is 378 g/mol. The van der Waals surface area contributed by atoms with Gasteiger partial charge in [-0.15, -0.1) is 0 Å². The van der Waals surface area contributed by atoms with E-state index in [2.05, 4.69) is 40.4 Å². The molecule has 0 saturated carbocycles. The lowest BCUT2D eigenvalue weighted by atomic mass is 9.99. The number of rotatable bonds is 9. The maximum atomic E-state index is 12.5. The second-order valence-corrected chi connectivity index (χ2v) is 13.2. The summed E-state index contributed by atoms with van der Waals surface area (Å²) in [6.07, 6.45) is -0.815. The third kappa shape index (κ3) is 6.38. The van der Waals surface area contributed by atoms with E-state index in [9.17, 15) is 9.90 Å². The van der Waals surface area contributed by atoms with Gasteiger partial charge in [-0.25, -0.2) is 0 Å². The Balaban J connectivity index is 3.04. The van der Waals surface area contributed by atoms with E-state index in [0.29, 0.717) is 5.57 Å². The summed E-state index contributed by atoms with van der Waals surface area (Å²) >= 11 is 0. The quantitative estimate of drug-likeness (QED) is 0.483. The van der Waals surface area contributed by atoms with Crippen LogP contribution in [0.25, 0.3) is 0 Å². The number of Topliss-reactive ketones (excluding diaryl/α,β-unsaturated/α-hetero) is 1. The SMILES string of the molecule is C=C(C)[C@H](O)CC(=O)C[C@H](O[Si](C)(C)C(C)(C)C)c1ccc(OC)cc1. The largest absolute Gasteiger partial charge is 0.497 e. The molecule has 0 unspecified atom stereocenters. The molecule has 0 aliphatic carbocycles. The summed E-state index contributed by atoms with van der Waals surface area (Å²) in [7, 11) is -0.439. The van der Waals surface area contributed by atoms with Crippen molar-refractivity contribution in [1.29, 1.82) is 0 Å². The van der Waals surface area contributed by atoms with Crippen LogP contribution in [0.1, 0.15) is 52.2 Å². The Hall–Kier alpha value is -1.43. The van der Waals surface area contributed by atoms with Gasteiger partial charge in [0.25, 0.3) is 0 Å². The molecule has 146 valence electrons. The summed E-state index contributed by atoms with van der Waals surface area (Å²) in [5.41, 5.74) is 1.55. The maximum Gasteiger partial charge on any atom is 0.192 e. The van der Waals surface area contributed by atoms with Gasteiger partial charge >= 0.3 is 0 Å². The Morgan fingerprint density at radius 2 is 1.73 bits per heavy atom. The van der Waals surface area contributed by atoms with E-state index in [-0.39, 0.29) is 29.8 Å². The van der Waals surface area contributed by atoms with Crippen LogP contribution in [-0.2, 0) is 9.22 Å². The Labute approximate surface area is 159 Å². The number of hydrogen-bond acceptors (Lipinski definition) is 4. The first-order valence-corrected chi connectivity index (χ1v) is 11.9.